The van der Waals surface area contributed by atoms with Crippen molar-refractivity contribution in [2.24, 2.45) is 0 Å². The predicted molar refractivity (Wildman–Crippen MR) is 88.0 cm³/mol. The Morgan fingerprint density at radius 3 is 2.65 bits per heavy atom. The van der Waals surface area contributed by atoms with E-state index in [2.05, 4.69) is 5.32 Å². The quantitative estimate of drug-likeness (QED) is 0.760. The summed E-state index contributed by atoms with van der Waals surface area (Å²) in [5.41, 5.74) is 0. The molecule has 2 aliphatic rings. The van der Waals surface area contributed by atoms with E-state index in [4.69, 9.17) is 0 Å². The third-order valence-corrected chi connectivity index (χ3v) is 6.13. The van der Waals surface area contributed by atoms with E-state index < -0.39 is 23.3 Å². The van der Waals surface area contributed by atoms with E-state index in [9.17, 15) is 24.3 Å². The van der Waals surface area contributed by atoms with Gasteiger partial charge in [0.05, 0.1) is 10.6 Å². The molecule has 2 rings (SSSR count). The zero-order valence-corrected chi connectivity index (χ0v) is 14.6. The van der Waals surface area contributed by atoms with Crippen LogP contribution in [0.2, 0.25) is 0 Å². The van der Waals surface area contributed by atoms with E-state index in [1.54, 1.807) is 18.7 Å². The number of amides is 2. The minimum absolute atomic E-state index is 0.130. The van der Waals surface area contributed by atoms with Crippen LogP contribution in [0.3, 0.4) is 0 Å². The summed E-state index contributed by atoms with van der Waals surface area (Å²) in [4.78, 5) is 48.6. The second-order valence-corrected chi connectivity index (χ2v) is 8.41. The number of aliphatic carboxylic acids is 1. The maximum atomic E-state index is 12.7. The molecular formula is C14H20N2O5S2. The lowest BCUT2D eigenvalue weighted by Crippen LogP contribution is -2.53. The average Bonchev–Trinajstić information content (AvgIpc) is 2.82. The van der Waals surface area contributed by atoms with Crippen molar-refractivity contribution in [3.63, 3.8) is 0 Å². The van der Waals surface area contributed by atoms with Crippen molar-refractivity contribution in [1.29, 1.82) is 0 Å². The van der Waals surface area contributed by atoms with Crippen molar-refractivity contribution in [2.45, 2.75) is 55.8 Å². The number of fused-ring (bicyclic) bond motifs is 1. The summed E-state index contributed by atoms with van der Waals surface area (Å²) in [7, 11) is 0. The highest BCUT2D eigenvalue weighted by Crippen LogP contribution is 2.35. The molecule has 0 aliphatic carbocycles. The number of hydrogen-bond donors (Lipinski definition) is 2. The Morgan fingerprint density at radius 1 is 1.35 bits per heavy atom. The van der Waals surface area contributed by atoms with Crippen LogP contribution in [0, 0.1) is 0 Å². The van der Waals surface area contributed by atoms with E-state index in [1.807, 2.05) is 0 Å². The zero-order chi connectivity index (χ0) is 17.1. The van der Waals surface area contributed by atoms with Gasteiger partial charge in [0.15, 0.2) is 5.12 Å². The third kappa shape index (κ3) is 4.20. The maximum Gasteiger partial charge on any atom is 0.326 e. The topological polar surface area (TPSA) is 104 Å². The molecule has 7 nitrogen and oxygen atoms in total. The summed E-state index contributed by atoms with van der Waals surface area (Å²) in [6, 6.07) is -1.54. The van der Waals surface area contributed by atoms with Crippen LogP contribution in [-0.4, -0.2) is 61.4 Å². The summed E-state index contributed by atoms with van der Waals surface area (Å²) in [6.07, 6.45) is 1.56. The monoisotopic (exact) mass is 360 g/mol. The van der Waals surface area contributed by atoms with Crippen LogP contribution >= 0.6 is 23.5 Å². The summed E-state index contributed by atoms with van der Waals surface area (Å²) in [5, 5.41) is 11.1. The first kappa shape index (κ1) is 18.1. The van der Waals surface area contributed by atoms with Gasteiger partial charge in [0.1, 0.15) is 12.1 Å². The predicted octanol–water partition coefficient (Wildman–Crippen LogP) is 0.678. The minimum Gasteiger partial charge on any atom is -0.480 e. The molecule has 0 aromatic heterocycles. The molecule has 9 heteroatoms. The molecule has 2 fully saturated rings. The van der Waals surface area contributed by atoms with E-state index in [-0.39, 0.29) is 22.3 Å². The van der Waals surface area contributed by atoms with Gasteiger partial charge in [-0.05, 0) is 31.9 Å². The summed E-state index contributed by atoms with van der Waals surface area (Å²) >= 11 is 2.47. The molecular weight excluding hydrogens is 340 g/mol. The lowest BCUT2D eigenvalue weighted by molar-refractivity contribution is -0.149. The Hall–Kier alpha value is -1.22. The fourth-order valence-corrected chi connectivity index (χ4v) is 4.86. The number of carboxylic acids is 1. The van der Waals surface area contributed by atoms with E-state index >= 15 is 0 Å². The van der Waals surface area contributed by atoms with Gasteiger partial charge in [0.2, 0.25) is 11.8 Å². The fraction of sp³-hybridized carbons (Fsp3) is 0.714. The Kier molecular flexibility index (Phi) is 5.96. The van der Waals surface area contributed by atoms with Gasteiger partial charge in [-0.15, -0.1) is 11.8 Å². The molecule has 0 bridgehead atoms. The number of carbonyl (C=O) groups excluding carboxylic acids is 3. The van der Waals surface area contributed by atoms with Crippen LogP contribution in [-0.2, 0) is 19.2 Å². The van der Waals surface area contributed by atoms with Crippen molar-refractivity contribution >= 4 is 46.4 Å². The average molecular weight is 360 g/mol. The SMILES string of the molecule is CC(=O)SC(C)C(=O)N[C@H]1CCS[C@H]2CC[C@@H](C(=O)O)N2C1=O. The highest BCUT2D eigenvalue weighted by atomic mass is 32.2. The Morgan fingerprint density at radius 2 is 2.04 bits per heavy atom. The van der Waals surface area contributed by atoms with Gasteiger partial charge in [-0.2, -0.15) is 0 Å². The van der Waals surface area contributed by atoms with Crippen molar-refractivity contribution in [3.05, 3.63) is 0 Å². The molecule has 2 saturated heterocycles. The zero-order valence-electron chi connectivity index (χ0n) is 13.0. The van der Waals surface area contributed by atoms with Crippen molar-refractivity contribution in [2.75, 3.05) is 5.75 Å². The number of rotatable bonds is 4. The number of nitrogens with one attached hydrogen (secondary N) is 1. The Balaban J connectivity index is 2.07. The van der Waals surface area contributed by atoms with Gasteiger partial charge in [0.25, 0.3) is 0 Å². The molecule has 2 heterocycles. The Labute approximate surface area is 142 Å². The number of nitrogens with zero attached hydrogens (tertiary/aromatic N) is 1. The number of hydrogen-bond acceptors (Lipinski definition) is 6. The molecule has 1 unspecified atom stereocenters. The first-order chi connectivity index (χ1) is 10.8. The summed E-state index contributed by atoms with van der Waals surface area (Å²) in [5.74, 6) is -1.04. The summed E-state index contributed by atoms with van der Waals surface area (Å²) < 4.78 is 0. The number of carbonyl (C=O) groups is 4. The van der Waals surface area contributed by atoms with Crippen molar-refractivity contribution in [3.8, 4) is 0 Å². The third-order valence-electron chi connectivity index (χ3n) is 3.92. The first-order valence-corrected chi connectivity index (χ1v) is 9.38. The van der Waals surface area contributed by atoms with Gasteiger partial charge in [-0.3, -0.25) is 14.4 Å². The molecule has 0 saturated carbocycles. The minimum atomic E-state index is -1.01. The molecule has 128 valence electrons. The number of carboxylic acid groups (broad SMARTS) is 1. The fourth-order valence-electron chi connectivity index (χ4n) is 2.83. The molecule has 0 aromatic rings. The molecule has 2 aliphatic heterocycles. The summed E-state index contributed by atoms with van der Waals surface area (Å²) in [6.45, 7) is 2.99. The molecule has 0 aromatic carbocycles. The van der Waals surface area contributed by atoms with Crippen LogP contribution in [0.5, 0.6) is 0 Å². The molecule has 4 atom stereocenters. The van der Waals surface area contributed by atoms with E-state index in [1.165, 1.54) is 11.8 Å². The highest BCUT2D eigenvalue weighted by Gasteiger charge is 2.45. The smallest absolute Gasteiger partial charge is 0.326 e. The van der Waals surface area contributed by atoms with Crippen LogP contribution in [0.1, 0.15) is 33.1 Å². The molecule has 23 heavy (non-hydrogen) atoms. The van der Waals surface area contributed by atoms with Crippen molar-refractivity contribution in [1.82, 2.24) is 10.2 Å². The van der Waals surface area contributed by atoms with Gasteiger partial charge in [-0.1, -0.05) is 11.8 Å². The van der Waals surface area contributed by atoms with E-state index in [0.29, 0.717) is 25.0 Å². The molecule has 0 spiro atoms. The van der Waals surface area contributed by atoms with Crippen LogP contribution in [0.4, 0.5) is 0 Å². The molecule has 2 amide bonds. The molecule has 2 N–H and O–H groups in total. The second-order valence-electron chi connectivity index (χ2n) is 5.60. The van der Waals surface area contributed by atoms with Gasteiger partial charge >= 0.3 is 5.97 Å². The Bertz CT molecular complexity index is 527. The van der Waals surface area contributed by atoms with E-state index in [0.717, 1.165) is 11.8 Å². The standard InChI is InChI=1S/C14H20N2O5S2/c1-7(23-8(2)17)12(18)15-9-5-6-22-11-4-3-10(14(20)21)16(11)13(9)19/h7,9-11H,3-6H2,1-2H3,(H,15,18)(H,20,21)/t7?,9-,10-,11-/m0/s1. The largest absolute Gasteiger partial charge is 0.480 e. The van der Waals surface area contributed by atoms with Crippen LogP contribution < -0.4 is 5.32 Å². The normalized spacial score (nSPS) is 28.7. The number of thioether (sulfide) groups is 2. The lowest BCUT2D eigenvalue weighted by atomic mass is 10.1. The highest BCUT2D eigenvalue weighted by molar-refractivity contribution is 8.14. The molecule has 0 radical (unpaired) electrons. The lowest BCUT2D eigenvalue weighted by Gasteiger charge is -2.28. The first-order valence-electron chi connectivity index (χ1n) is 7.45. The van der Waals surface area contributed by atoms with Gasteiger partial charge in [-0.25, -0.2) is 4.79 Å². The maximum absolute atomic E-state index is 12.7. The second kappa shape index (κ2) is 7.57. The van der Waals surface area contributed by atoms with Crippen LogP contribution in [0.25, 0.3) is 0 Å². The van der Waals surface area contributed by atoms with Gasteiger partial charge in [0, 0.05) is 6.92 Å². The van der Waals surface area contributed by atoms with Crippen LogP contribution in [0.15, 0.2) is 0 Å². The van der Waals surface area contributed by atoms with Crippen molar-refractivity contribution < 1.29 is 24.3 Å². The van der Waals surface area contributed by atoms with Gasteiger partial charge < -0.3 is 15.3 Å².